The summed E-state index contributed by atoms with van der Waals surface area (Å²) < 4.78 is 4.94. The van der Waals surface area contributed by atoms with Crippen molar-refractivity contribution in [2.24, 2.45) is 11.7 Å². The molecule has 4 nitrogen and oxygen atoms in total. The van der Waals surface area contributed by atoms with Crippen LogP contribution in [0, 0.1) is 5.92 Å². The zero-order valence-corrected chi connectivity index (χ0v) is 14.0. The second-order valence-corrected chi connectivity index (χ2v) is 5.55. The van der Waals surface area contributed by atoms with Gasteiger partial charge in [0.1, 0.15) is 0 Å². The predicted molar refractivity (Wildman–Crippen MR) is 93.8 cm³/mol. The van der Waals surface area contributed by atoms with Gasteiger partial charge in [-0.3, -0.25) is 4.79 Å². The molecule has 2 unspecified atom stereocenters. The monoisotopic (exact) mass is 317 g/mol. The molecule has 0 aliphatic carbocycles. The maximum atomic E-state index is 11.7. The molecule has 4 heteroatoms. The van der Waals surface area contributed by atoms with E-state index >= 15 is 0 Å². The normalized spacial score (nSPS) is 13.7. The van der Waals surface area contributed by atoms with E-state index in [1.54, 1.807) is 6.92 Å². The smallest absolute Gasteiger partial charge is 0.311 e. The summed E-state index contributed by atoms with van der Waals surface area (Å²) in [6, 6.07) is 7.85. The van der Waals surface area contributed by atoms with Crippen molar-refractivity contribution in [3.8, 4) is 0 Å². The Morgan fingerprint density at radius 3 is 2.57 bits per heavy atom. The van der Waals surface area contributed by atoms with Crippen LogP contribution < -0.4 is 5.73 Å². The van der Waals surface area contributed by atoms with E-state index in [2.05, 4.69) is 6.58 Å². The minimum atomic E-state index is -0.557. The first-order valence-corrected chi connectivity index (χ1v) is 7.95. The van der Waals surface area contributed by atoms with Crippen LogP contribution in [-0.4, -0.2) is 30.3 Å². The van der Waals surface area contributed by atoms with Crippen LogP contribution in [0.2, 0.25) is 0 Å². The maximum Gasteiger partial charge on any atom is 0.311 e. The molecular formula is C19H27NO3. The fraction of sp³-hybridized carbons (Fsp3) is 0.421. The van der Waals surface area contributed by atoms with E-state index in [4.69, 9.17) is 10.5 Å². The quantitative estimate of drug-likeness (QED) is 0.542. The largest absolute Gasteiger partial charge is 0.466 e. The average molecular weight is 317 g/mol. The lowest BCUT2D eigenvalue weighted by Crippen LogP contribution is -2.32. The third kappa shape index (κ3) is 6.38. The molecular weight excluding hydrogens is 290 g/mol. The molecule has 0 heterocycles. The fourth-order valence-corrected chi connectivity index (χ4v) is 2.41. The number of aliphatic hydroxyl groups is 1. The summed E-state index contributed by atoms with van der Waals surface area (Å²) in [4.78, 5) is 11.7. The summed E-state index contributed by atoms with van der Waals surface area (Å²) in [6.45, 7) is 7.77. The van der Waals surface area contributed by atoms with Gasteiger partial charge in [-0.25, -0.2) is 0 Å². The Kier molecular flexibility index (Phi) is 8.30. The molecule has 0 fully saturated rings. The van der Waals surface area contributed by atoms with Gasteiger partial charge in [0, 0.05) is 6.04 Å². The van der Waals surface area contributed by atoms with Gasteiger partial charge in [-0.2, -0.15) is 0 Å². The highest BCUT2D eigenvalue weighted by molar-refractivity contribution is 5.72. The molecule has 0 saturated heterocycles. The number of ether oxygens (including phenoxy) is 1. The summed E-state index contributed by atoms with van der Waals surface area (Å²) in [7, 11) is 0. The number of carbonyl (C=O) groups excluding carboxylic acids is 1. The summed E-state index contributed by atoms with van der Waals surface area (Å²) in [5.41, 5.74) is 9.24. The standard InChI is InChI=1S/C19H27NO3/c1-4-6-14(3)16-9-7-15(8-10-16)11-18(20)12-17(13-21)19(22)23-5-2/h4,6-10,17-18,21H,3,5,11-13,20H2,1-2H3. The number of rotatable bonds is 9. The van der Waals surface area contributed by atoms with Crippen molar-refractivity contribution in [1.82, 2.24) is 0 Å². The summed E-state index contributed by atoms with van der Waals surface area (Å²) >= 11 is 0. The molecule has 0 aliphatic heterocycles. The van der Waals surface area contributed by atoms with Gasteiger partial charge in [-0.1, -0.05) is 43.0 Å². The van der Waals surface area contributed by atoms with Crippen molar-refractivity contribution < 1.29 is 14.6 Å². The maximum absolute atomic E-state index is 11.7. The lowest BCUT2D eigenvalue weighted by molar-refractivity contribution is -0.149. The lowest BCUT2D eigenvalue weighted by Gasteiger charge is -2.18. The number of hydrogen-bond acceptors (Lipinski definition) is 4. The number of allylic oxidation sites excluding steroid dienone is 3. The van der Waals surface area contributed by atoms with Crippen LogP contribution >= 0.6 is 0 Å². The first-order chi connectivity index (χ1) is 11.0. The Balaban J connectivity index is 2.61. The highest BCUT2D eigenvalue weighted by Crippen LogP contribution is 2.17. The molecule has 0 spiro atoms. The Hall–Kier alpha value is -1.91. The van der Waals surface area contributed by atoms with Crippen LogP contribution in [0.5, 0.6) is 0 Å². The molecule has 1 rings (SSSR count). The molecule has 0 aliphatic rings. The van der Waals surface area contributed by atoms with Gasteiger partial charge in [0.25, 0.3) is 0 Å². The fourth-order valence-electron chi connectivity index (χ4n) is 2.41. The first kappa shape index (κ1) is 19.1. The van der Waals surface area contributed by atoms with E-state index in [1.807, 2.05) is 43.3 Å². The van der Waals surface area contributed by atoms with Crippen molar-refractivity contribution in [3.05, 3.63) is 54.1 Å². The van der Waals surface area contributed by atoms with Crippen LogP contribution in [-0.2, 0) is 16.0 Å². The van der Waals surface area contributed by atoms with E-state index in [-0.39, 0.29) is 18.6 Å². The predicted octanol–water partition coefficient (Wildman–Crippen LogP) is 2.71. The summed E-state index contributed by atoms with van der Waals surface area (Å²) in [6.07, 6.45) is 4.97. The van der Waals surface area contributed by atoms with E-state index in [0.29, 0.717) is 19.4 Å². The zero-order valence-electron chi connectivity index (χ0n) is 14.0. The van der Waals surface area contributed by atoms with Crippen molar-refractivity contribution >= 4 is 11.5 Å². The Bertz CT molecular complexity index is 534. The van der Waals surface area contributed by atoms with Crippen LogP contribution in [0.4, 0.5) is 0 Å². The van der Waals surface area contributed by atoms with Crippen LogP contribution in [0.1, 0.15) is 31.4 Å². The second kappa shape index (κ2) is 9.98. The Morgan fingerprint density at radius 2 is 2.04 bits per heavy atom. The van der Waals surface area contributed by atoms with Crippen LogP contribution in [0.3, 0.4) is 0 Å². The number of benzene rings is 1. The molecule has 1 aromatic rings. The van der Waals surface area contributed by atoms with E-state index in [0.717, 1.165) is 16.7 Å². The Morgan fingerprint density at radius 1 is 1.39 bits per heavy atom. The van der Waals surface area contributed by atoms with Crippen LogP contribution in [0.15, 0.2) is 43.0 Å². The molecule has 0 aromatic heterocycles. The van der Waals surface area contributed by atoms with Gasteiger partial charge in [-0.15, -0.1) is 0 Å². The van der Waals surface area contributed by atoms with Gasteiger partial charge in [0.15, 0.2) is 0 Å². The minimum Gasteiger partial charge on any atom is -0.466 e. The zero-order chi connectivity index (χ0) is 17.2. The third-order valence-electron chi connectivity index (χ3n) is 3.62. The van der Waals surface area contributed by atoms with E-state index in [1.165, 1.54) is 0 Å². The highest BCUT2D eigenvalue weighted by Gasteiger charge is 2.21. The molecule has 0 saturated carbocycles. The van der Waals surface area contributed by atoms with Gasteiger partial charge in [0.05, 0.1) is 19.1 Å². The first-order valence-electron chi connectivity index (χ1n) is 7.95. The second-order valence-electron chi connectivity index (χ2n) is 5.55. The molecule has 0 bridgehead atoms. The van der Waals surface area contributed by atoms with E-state index < -0.39 is 5.92 Å². The van der Waals surface area contributed by atoms with Crippen molar-refractivity contribution in [3.63, 3.8) is 0 Å². The number of hydrogen-bond donors (Lipinski definition) is 2. The minimum absolute atomic E-state index is 0.207. The average Bonchev–Trinajstić information content (AvgIpc) is 2.53. The molecule has 126 valence electrons. The van der Waals surface area contributed by atoms with Crippen molar-refractivity contribution in [2.75, 3.05) is 13.2 Å². The third-order valence-corrected chi connectivity index (χ3v) is 3.62. The molecule has 1 aromatic carbocycles. The summed E-state index contributed by atoms with van der Waals surface area (Å²) in [5, 5.41) is 9.31. The molecule has 23 heavy (non-hydrogen) atoms. The number of aliphatic hydroxyl groups excluding tert-OH is 1. The van der Waals surface area contributed by atoms with Gasteiger partial charge in [0.2, 0.25) is 0 Å². The molecule has 0 radical (unpaired) electrons. The van der Waals surface area contributed by atoms with E-state index in [9.17, 15) is 9.90 Å². The van der Waals surface area contributed by atoms with Gasteiger partial charge < -0.3 is 15.6 Å². The molecule has 2 atom stereocenters. The highest BCUT2D eigenvalue weighted by atomic mass is 16.5. The number of esters is 1. The number of carbonyl (C=O) groups is 1. The molecule has 0 amide bonds. The summed E-state index contributed by atoms with van der Waals surface area (Å²) in [5.74, 6) is -0.942. The topological polar surface area (TPSA) is 72.5 Å². The molecule has 3 N–H and O–H groups in total. The van der Waals surface area contributed by atoms with Crippen LogP contribution in [0.25, 0.3) is 5.57 Å². The van der Waals surface area contributed by atoms with Crippen molar-refractivity contribution in [2.45, 2.75) is 32.7 Å². The van der Waals surface area contributed by atoms with Gasteiger partial charge >= 0.3 is 5.97 Å². The van der Waals surface area contributed by atoms with Crippen molar-refractivity contribution in [1.29, 1.82) is 0 Å². The SMILES string of the molecule is C=C(C=CC)c1ccc(CC(N)CC(CO)C(=O)OCC)cc1. The Labute approximate surface area is 138 Å². The van der Waals surface area contributed by atoms with Gasteiger partial charge in [-0.05, 0) is 43.4 Å². The lowest BCUT2D eigenvalue weighted by atomic mass is 9.95. The number of nitrogens with two attached hydrogens (primary N) is 1.